The third-order valence-electron chi connectivity index (χ3n) is 3.24. The van der Waals surface area contributed by atoms with Crippen LogP contribution in [0.15, 0.2) is 18.2 Å². The minimum Gasteiger partial charge on any atom is -0.391 e. The number of aliphatic hydroxyl groups is 1. The van der Waals surface area contributed by atoms with Crippen LogP contribution in [0.3, 0.4) is 0 Å². The fourth-order valence-electron chi connectivity index (χ4n) is 2.26. The molecule has 2 atom stereocenters. The molecule has 17 heavy (non-hydrogen) atoms. The summed E-state index contributed by atoms with van der Waals surface area (Å²) in [4.78, 5) is 0. The van der Waals surface area contributed by atoms with Gasteiger partial charge in [-0.25, -0.2) is 8.78 Å². The number of hydrogen-bond acceptors (Lipinski definition) is 2. The number of benzene rings is 1. The topological polar surface area (TPSA) is 32.3 Å². The van der Waals surface area contributed by atoms with E-state index in [2.05, 4.69) is 5.32 Å². The second-order valence-corrected chi connectivity index (χ2v) is 4.58. The Morgan fingerprint density at radius 3 is 2.76 bits per heavy atom. The summed E-state index contributed by atoms with van der Waals surface area (Å²) in [7, 11) is 0. The quantitative estimate of drug-likeness (QED) is 0.848. The summed E-state index contributed by atoms with van der Waals surface area (Å²) >= 11 is 0. The van der Waals surface area contributed by atoms with E-state index in [0.29, 0.717) is 12.0 Å². The van der Waals surface area contributed by atoms with E-state index in [9.17, 15) is 13.9 Å². The maximum absolute atomic E-state index is 13.0. The molecule has 1 aliphatic rings. The van der Waals surface area contributed by atoms with Crippen molar-refractivity contribution in [2.24, 2.45) is 0 Å². The van der Waals surface area contributed by atoms with Gasteiger partial charge in [-0.3, -0.25) is 0 Å². The van der Waals surface area contributed by atoms with Gasteiger partial charge in [0.1, 0.15) is 0 Å². The second kappa shape index (κ2) is 5.56. The highest BCUT2D eigenvalue weighted by atomic mass is 19.2. The number of rotatable bonds is 3. The molecule has 2 nitrogen and oxygen atoms in total. The van der Waals surface area contributed by atoms with Crippen LogP contribution in [0.25, 0.3) is 0 Å². The average molecular weight is 241 g/mol. The molecule has 2 N–H and O–H groups in total. The summed E-state index contributed by atoms with van der Waals surface area (Å²) in [5, 5.41) is 13.3. The van der Waals surface area contributed by atoms with E-state index in [0.717, 1.165) is 37.9 Å². The van der Waals surface area contributed by atoms with Crippen LogP contribution in [0.5, 0.6) is 0 Å². The SMILES string of the molecule is OC(Cc1ccc(F)c(F)c1)C1CCCCN1. The molecular formula is C13H17F2NO. The van der Waals surface area contributed by atoms with E-state index in [1.165, 1.54) is 6.07 Å². The highest BCUT2D eigenvalue weighted by Gasteiger charge is 2.21. The van der Waals surface area contributed by atoms with Crippen molar-refractivity contribution in [2.45, 2.75) is 37.8 Å². The number of hydrogen-bond donors (Lipinski definition) is 2. The van der Waals surface area contributed by atoms with Crippen LogP contribution in [0.4, 0.5) is 8.78 Å². The molecular weight excluding hydrogens is 224 g/mol. The van der Waals surface area contributed by atoms with E-state index in [4.69, 9.17) is 0 Å². The van der Waals surface area contributed by atoms with Crippen LogP contribution in [0, 0.1) is 11.6 Å². The largest absolute Gasteiger partial charge is 0.391 e. The van der Waals surface area contributed by atoms with Gasteiger partial charge in [0, 0.05) is 6.04 Å². The van der Waals surface area contributed by atoms with Crippen LogP contribution in [-0.4, -0.2) is 23.8 Å². The molecule has 2 rings (SSSR count). The molecule has 4 heteroatoms. The van der Waals surface area contributed by atoms with Crippen LogP contribution >= 0.6 is 0 Å². The van der Waals surface area contributed by atoms with Gasteiger partial charge in [0.15, 0.2) is 11.6 Å². The zero-order chi connectivity index (χ0) is 12.3. The minimum absolute atomic E-state index is 0.0665. The van der Waals surface area contributed by atoms with Crippen LogP contribution in [0.2, 0.25) is 0 Å². The van der Waals surface area contributed by atoms with Gasteiger partial charge in [-0.1, -0.05) is 12.5 Å². The van der Waals surface area contributed by atoms with Crippen molar-refractivity contribution in [3.05, 3.63) is 35.4 Å². The molecule has 1 saturated heterocycles. The highest BCUT2D eigenvalue weighted by molar-refractivity contribution is 5.18. The van der Waals surface area contributed by atoms with Crippen molar-refractivity contribution in [2.75, 3.05) is 6.54 Å². The van der Waals surface area contributed by atoms with Crippen molar-refractivity contribution >= 4 is 0 Å². The molecule has 0 saturated carbocycles. The van der Waals surface area contributed by atoms with Crippen molar-refractivity contribution in [3.63, 3.8) is 0 Å². The summed E-state index contributed by atoms with van der Waals surface area (Å²) in [5.74, 6) is -1.70. The molecule has 0 radical (unpaired) electrons. The summed E-state index contributed by atoms with van der Waals surface area (Å²) < 4.78 is 25.7. The zero-order valence-corrected chi connectivity index (χ0v) is 9.63. The first-order chi connectivity index (χ1) is 8.16. The molecule has 2 unspecified atom stereocenters. The molecule has 0 aromatic heterocycles. The first-order valence-corrected chi connectivity index (χ1v) is 6.02. The lowest BCUT2D eigenvalue weighted by molar-refractivity contribution is 0.113. The Morgan fingerprint density at radius 2 is 2.12 bits per heavy atom. The van der Waals surface area contributed by atoms with E-state index < -0.39 is 17.7 Å². The Morgan fingerprint density at radius 1 is 1.29 bits per heavy atom. The van der Waals surface area contributed by atoms with Crippen LogP contribution in [0.1, 0.15) is 24.8 Å². The third-order valence-corrected chi connectivity index (χ3v) is 3.24. The average Bonchev–Trinajstić information content (AvgIpc) is 2.35. The fourth-order valence-corrected chi connectivity index (χ4v) is 2.26. The zero-order valence-electron chi connectivity index (χ0n) is 9.63. The van der Waals surface area contributed by atoms with Crippen LogP contribution < -0.4 is 5.32 Å². The third kappa shape index (κ3) is 3.23. The van der Waals surface area contributed by atoms with Gasteiger partial charge < -0.3 is 10.4 Å². The predicted molar refractivity (Wildman–Crippen MR) is 61.7 cm³/mol. The molecule has 1 heterocycles. The van der Waals surface area contributed by atoms with Gasteiger partial charge in [-0.2, -0.15) is 0 Å². The molecule has 0 bridgehead atoms. The molecule has 1 aromatic carbocycles. The molecule has 0 aliphatic carbocycles. The van der Waals surface area contributed by atoms with E-state index in [1.807, 2.05) is 0 Å². The Balaban J connectivity index is 1.96. The van der Waals surface area contributed by atoms with Gasteiger partial charge >= 0.3 is 0 Å². The minimum atomic E-state index is -0.855. The first kappa shape index (κ1) is 12.5. The first-order valence-electron chi connectivity index (χ1n) is 6.02. The summed E-state index contributed by atoms with van der Waals surface area (Å²) in [6.45, 7) is 0.916. The van der Waals surface area contributed by atoms with Crippen molar-refractivity contribution in [1.82, 2.24) is 5.32 Å². The fraction of sp³-hybridized carbons (Fsp3) is 0.538. The number of nitrogens with one attached hydrogen (secondary N) is 1. The lowest BCUT2D eigenvalue weighted by Gasteiger charge is -2.28. The van der Waals surface area contributed by atoms with E-state index in [1.54, 1.807) is 0 Å². The molecule has 1 aromatic rings. The van der Waals surface area contributed by atoms with Crippen molar-refractivity contribution in [3.8, 4) is 0 Å². The summed E-state index contributed by atoms with van der Waals surface area (Å²) in [6, 6.07) is 3.84. The molecule has 0 spiro atoms. The molecule has 1 aliphatic heterocycles. The lowest BCUT2D eigenvalue weighted by atomic mass is 9.95. The second-order valence-electron chi connectivity index (χ2n) is 4.58. The van der Waals surface area contributed by atoms with Crippen molar-refractivity contribution < 1.29 is 13.9 Å². The number of aliphatic hydroxyl groups excluding tert-OH is 1. The van der Waals surface area contributed by atoms with Gasteiger partial charge in [0.25, 0.3) is 0 Å². The van der Waals surface area contributed by atoms with Crippen LogP contribution in [-0.2, 0) is 6.42 Å². The highest BCUT2D eigenvalue weighted by Crippen LogP contribution is 2.16. The Hall–Kier alpha value is -1.00. The Kier molecular flexibility index (Phi) is 4.07. The molecule has 94 valence electrons. The smallest absolute Gasteiger partial charge is 0.159 e. The van der Waals surface area contributed by atoms with E-state index >= 15 is 0 Å². The normalized spacial score (nSPS) is 22.4. The molecule has 1 fully saturated rings. The number of halogens is 2. The van der Waals surface area contributed by atoms with Gasteiger partial charge in [0.05, 0.1) is 6.10 Å². The Bertz CT molecular complexity index is 378. The summed E-state index contributed by atoms with van der Waals surface area (Å²) in [5.41, 5.74) is 0.628. The monoisotopic (exact) mass is 241 g/mol. The van der Waals surface area contributed by atoms with Gasteiger partial charge in [-0.05, 0) is 43.5 Å². The summed E-state index contributed by atoms with van der Waals surface area (Å²) in [6.07, 6.45) is 2.99. The predicted octanol–water partition coefficient (Wildman–Crippen LogP) is 2.01. The lowest BCUT2D eigenvalue weighted by Crippen LogP contribution is -2.44. The maximum Gasteiger partial charge on any atom is 0.159 e. The molecule has 0 amide bonds. The standard InChI is InChI=1S/C13H17F2NO/c14-10-5-4-9(7-11(10)15)8-13(17)12-3-1-2-6-16-12/h4-5,7,12-13,16-17H,1-3,6,8H2. The van der Waals surface area contributed by atoms with Gasteiger partial charge in [-0.15, -0.1) is 0 Å². The van der Waals surface area contributed by atoms with Gasteiger partial charge in [0.2, 0.25) is 0 Å². The van der Waals surface area contributed by atoms with Crippen molar-refractivity contribution in [1.29, 1.82) is 0 Å². The van der Waals surface area contributed by atoms with E-state index in [-0.39, 0.29) is 6.04 Å². The maximum atomic E-state index is 13.0. The Labute approximate surface area is 99.7 Å². The number of piperidine rings is 1.